The molecular formula is C16H29N3O. The monoisotopic (exact) mass is 279 g/mol. The maximum Gasteiger partial charge on any atom is 0.0829 e. The van der Waals surface area contributed by atoms with E-state index in [4.69, 9.17) is 10.5 Å². The van der Waals surface area contributed by atoms with Crippen molar-refractivity contribution < 1.29 is 4.74 Å². The fourth-order valence-corrected chi connectivity index (χ4v) is 3.26. The number of methoxy groups -OCH3 is 1. The fourth-order valence-electron chi connectivity index (χ4n) is 3.26. The number of hydrogen-bond acceptors (Lipinski definition) is 3. The SMILES string of the molecule is COC1(C(N)CCc2cnn(C)c2)CCC(C)(C)CC1. The summed E-state index contributed by atoms with van der Waals surface area (Å²) in [6, 6.07) is 0.101. The molecule has 1 aromatic heterocycles. The van der Waals surface area contributed by atoms with Gasteiger partial charge in [0.15, 0.2) is 0 Å². The van der Waals surface area contributed by atoms with Crippen molar-refractivity contribution in [2.75, 3.05) is 7.11 Å². The Labute approximate surface area is 122 Å². The second-order valence-electron chi connectivity index (χ2n) is 7.10. The molecular weight excluding hydrogens is 250 g/mol. The van der Waals surface area contributed by atoms with Crippen molar-refractivity contribution in [3.05, 3.63) is 18.0 Å². The van der Waals surface area contributed by atoms with Crippen LogP contribution in [0.5, 0.6) is 0 Å². The molecule has 1 aliphatic rings. The van der Waals surface area contributed by atoms with Gasteiger partial charge in [-0.25, -0.2) is 0 Å². The average Bonchev–Trinajstić information content (AvgIpc) is 2.82. The first-order chi connectivity index (χ1) is 9.37. The molecule has 2 N–H and O–H groups in total. The van der Waals surface area contributed by atoms with Crippen LogP contribution in [0.2, 0.25) is 0 Å². The molecule has 1 atom stereocenters. The molecule has 0 aromatic carbocycles. The predicted octanol–water partition coefficient (Wildman–Crippen LogP) is 2.67. The third kappa shape index (κ3) is 3.41. The van der Waals surface area contributed by atoms with Crippen LogP contribution in [0.25, 0.3) is 0 Å². The minimum absolute atomic E-state index is 0.101. The van der Waals surface area contributed by atoms with Crippen LogP contribution in [0.4, 0.5) is 0 Å². The van der Waals surface area contributed by atoms with Crippen LogP contribution in [-0.2, 0) is 18.2 Å². The second kappa shape index (κ2) is 5.86. The van der Waals surface area contributed by atoms with Crippen LogP contribution >= 0.6 is 0 Å². The molecule has 114 valence electrons. The highest BCUT2D eigenvalue weighted by Gasteiger charge is 2.42. The van der Waals surface area contributed by atoms with E-state index in [2.05, 4.69) is 25.1 Å². The zero-order chi connectivity index (χ0) is 14.8. The Morgan fingerprint density at radius 1 is 1.35 bits per heavy atom. The Balaban J connectivity index is 1.93. The molecule has 0 spiro atoms. The summed E-state index contributed by atoms with van der Waals surface area (Å²) >= 11 is 0. The van der Waals surface area contributed by atoms with E-state index < -0.39 is 0 Å². The van der Waals surface area contributed by atoms with Gasteiger partial charge in [-0.15, -0.1) is 0 Å². The first kappa shape index (κ1) is 15.5. The molecule has 1 heterocycles. The molecule has 1 aliphatic carbocycles. The highest BCUT2D eigenvalue weighted by Crippen LogP contribution is 2.43. The number of hydrogen-bond donors (Lipinski definition) is 1. The molecule has 1 fully saturated rings. The summed E-state index contributed by atoms with van der Waals surface area (Å²) in [7, 11) is 3.77. The summed E-state index contributed by atoms with van der Waals surface area (Å²) < 4.78 is 7.73. The number of aryl methyl sites for hydroxylation is 2. The van der Waals surface area contributed by atoms with Gasteiger partial charge in [-0.1, -0.05) is 13.8 Å². The van der Waals surface area contributed by atoms with Crippen molar-refractivity contribution in [3.63, 3.8) is 0 Å². The van der Waals surface area contributed by atoms with Gasteiger partial charge in [-0.05, 0) is 49.5 Å². The van der Waals surface area contributed by atoms with E-state index in [1.54, 1.807) is 0 Å². The normalized spacial score (nSPS) is 22.6. The quantitative estimate of drug-likeness (QED) is 0.901. The molecule has 1 saturated carbocycles. The Hall–Kier alpha value is -0.870. The minimum atomic E-state index is -0.127. The zero-order valence-electron chi connectivity index (χ0n) is 13.4. The number of rotatable bonds is 5. The topological polar surface area (TPSA) is 53.1 Å². The molecule has 20 heavy (non-hydrogen) atoms. The Kier molecular flexibility index (Phi) is 4.55. The molecule has 2 rings (SSSR count). The van der Waals surface area contributed by atoms with Gasteiger partial charge in [0, 0.05) is 26.4 Å². The minimum Gasteiger partial charge on any atom is -0.377 e. The lowest BCUT2D eigenvalue weighted by Crippen LogP contribution is -2.52. The van der Waals surface area contributed by atoms with Gasteiger partial charge in [0.05, 0.1) is 11.8 Å². The van der Waals surface area contributed by atoms with Crippen LogP contribution in [0.1, 0.15) is 51.5 Å². The molecule has 0 aliphatic heterocycles. The van der Waals surface area contributed by atoms with E-state index in [0.29, 0.717) is 5.41 Å². The molecule has 0 amide bonds. The second-order valence-corrected chi connectivity index (χ2v) is 7.10. The van der Waals surface area contributed by atoms with Gasteiger partial charge in [0.1, 0.15) is 0 Å². The first-order valence-electron chi connectivity index (χ1n) is 7.65. The van der Waals surface area contributed by atoms with Gasteiger partial charge in [-0.3, -0.25) is 4.68 Å². The Morgan fingerprint density at radius 2 is 2.00 bits per heavy atom. The fraction of sp³-hybridized carbons (Fsp3) is 0.812. The third-order valence-corrected chi connectivity index (χ3v) is 5.03. The largest absolute Gasteiger partial charge is 0.377 e. The van der Waals surface area contributed by atoms with Crippen molar-refractivity contribution >= 4 is 0 Å². The van der Waals surface area contributed by atoms with Gasteiger partial charge in [-0.2, -0.15) is 5.10 Å². The van der Waals surface area contributed by atoms with E-state index in [1.807, 2.05) is 25.0 Å². The van der Waals surface area contributed by atoms with Crippen LogP contribution in [0, 0.1) is 5.41 Å². The van der Waals surface area contributed by atoms with E-state index in [1.165, 1.54) is 18.4 Å². The predicted molar refractivity (Wildman–Crippen MR) is 81.5 cm³/mol. The van der Waals surface area contributed by atoms with Crippen molar-refractivity contribution in [2.45, 2.75) is 64.0 Å². The molecule has 0 bridgehead atoms. The number of nitrogens with zero attached hydrogens (tertiary/aromatic N) is 2. The maximum absolute atomic E-state index is 6.48. The van der Waals surface area contributed by atoms with Crippen molar-refractivity contribution in [2.24, 2.45) is 18.2 Å². The van der Waals surface area contributed by atoms with Gasteiger partial charge in [0.25, 0.3) is 0 Å². The molecule has 4 nitrogen and oxygen atoms in total. The van der Waals surface area contributed by atoms with Gasteiger partial charge < -0.3 is 10.5 Å². The summed E-state index contributed by atoms with van der Waals surface area (Å²) in [5, 5.41) is 4.21. The van der Waals surface area contributed by atoms with Gasteiger partial charge >= 0.3 is 0 Å². The smallest absolute Gasteiger partial charge is 0.0829 e. The first-order valence-corrected chi connectivity index (χ1v) is 7.65. The lowest BCUT2D eigenvalue weighted by molar-refractivity contribution is -0.0796. The van der Waals surface area contributed by atoms with Crippen molar-refractivity contribution in [3.8, 4) is 0 Å². The zero-order valence-corrected chi connectivity index (χ0v) is 13.4. The Morgan fingerprint density at radius 3 is 2.50 bits per heavy atom. The maximum atomic E-state index is 6.48. The van der Waals surface area contributed by atoms with Crippen molar-refractivity contribution in [1.29, 1.82) is 0 Å². The number of nitrogens with two attached hydrogens (primary N) is 1. The number of ether oxygens (including phenoxy) is 1. The van der Waals surface area contributed by atoms with Crippen LogP contribution in [-0.4, -0.2) is 28.5 Å². The summed E-state index contributed by atoms with van der Waals surface area (Å²) in [6.07, 6.45) is 10.5. The van der Waals surface area contributed by atoms with E-state index in [9.17, 15) is 0 Å². The summed E-state index contributed by atoms with van der Waals surface area (Å²) in [5.41, 5.74) is 8.05. The lowest BCUT2D eigenvalue weighted by atomic mass is 9.68. The highest BCUT2D eigenvalue weighted by molar-refractivity contribution is 5.06. The summed E-state index contributed by atoms with van der Waals surface area (Å²) in [4.78, 5) is 0. The van der Waals surface area contributed by atoms with Crippen molar-refractivity contribution in [1.82, 2.24) is 9.78 Å². The molecule has 4 heteroatoms. The summed E-state index contributed by atoms with van der Waals surface area (Å²) in [6.45, 7) is 4.68. The number of aromatic nitrogens is 2. The Bertz CT molecular complexity index is 429. The van der Waals surface area contributed by atoms with Crippen LogP contribution in [0.15, 0.2) is 12.4 Å². The van der Waals surface area contributed by atoms with E-state index in [0.717, 1.165) is 25.7 Å². The lowest BCUT2D eigenvalue weighted by Gasteiger charge is -2.46. The molecule has 1 unspecified atom stereocenters. The van der Waals surface area contributed by atoms with Crippen LogP contribution in [0.3, 0.4) is 0 Å². The van der Waals surface area contributed by atoms with Crippen LogP contribution < -0.4 is 5.73 Å². The van der Waals surface area contributed by atoms with E-state index >= 15 is 0 Å². The standard InChI is InChI=1S/C16H29N3O/c1-15(2)7-9-16(20-4,10-8-15)14(17)6-5-13-11-18-19(3)12-13/h11-12,14H,5-10,17H2,1-4H3. The van der Waals surface area contributed by atoms with Gasteiger partial charge in [0.2, 0.25) is 0 Å². The third-order valence-electron chi connectivity index (χ3n) is 5.03. The summed E-state index contributed by atoms with van der Waals surface area (Å²) in [5.74, 6) is 0. The highest BCUT2D eigenvalue weighted by atomic mass is 16.5. The molecule has 1 aromatic rings. The average molecular weight is 279 g/mol. The van der Waals surface area contributed by atoms with E-state index in [-0.39, 0.29) is 11.6 Å². The molecule has 0 radical (unpaired) electrons. The molecule has 0 saturated heterocycles.